The maximum atomic E-state index is 13.1. The number of carbonyl (C=O) groups excluding carboxylic acids is 3. The molecule has 1 aromatic carbocycles. The first-order valence-corrected chi connectivity index (χ1v) is 12.2. The van der Waals surface area contributed by atoms with Gasteiger partial charge in [0.15, 0.2) is 5.78 Å². The third kappa shape index (κ3) is 5.74. The highest BCUT2D eigenvalue weighted by Gasteiger charge is 2.34. The average Bonchev–Trinajstić information content (AvgIpc) is 3.49. The lowest BCUT2D eigenvalue weighted by Crippen LogP contribution is -2.45. The third-order valence-corrected chi connectivity index (χ3v) is 7.25. The number of rotatable bonds is 9. The summed E-state index contributed by atoms with van der Waals surface area (Å²) in [5.41, 5.74) is 1.47. The van der Waals surface area contributed by atoms with Gasteiger partial charge < -0.3 is 10.6 Å². The van der Waals surface area contributed by atoms with E-state index in [4.69, 9.17) is 23.2 Å². The van der Waals surface area contributed by atoms with Crippen molar-refractivity contribution in [2.45, 2.75) is 57.4 Å². The Morgan fingerprint density at radius 2 is 1.97 bits per heavy atom. The topological polar surface area (TPSA) is 111 Å². The fourth-order valence-electron chi connectivity index (χ4n) is 4.52. The molecule has 1 aliphatic carbocycles. The molecule has 2 fully saturated rings. The third-order valence-electron chi connectivity index (χ3n) is 6.59. The Hall–Kier alpha value is -2.43. The van der Waals surface area contributed by atoms with Crippen LogP contribution >= 0.6 is 23.2 Å². The van der Waals surface area contributed by atoms with E-state index in [0.29, 0.717) is 46.6 Å². The second kappa shape index (κ2) is 10.2. The van der Waals surface area contributed by atoms with Crippen LogP contribution in [0.2, 0.25) is 10.0 Å². The van der Waals surface area contributed by atoms with Gasteiger partial charge in [0.2, 0.25) is 5.91 Å². The number of amides is 2. The van der Waals surface area contributed by atoms with Crippen molar-refractivity contribution < 1.29 is 14.4 Å². The molecule has 9 heteroatoms. The summed E-state index contributed by atoms with van der Waals surface area (Å²) in [5, 5.41) is 16.2. The largest absolute Gasteiger partial charge is 0.356 e. The van der Waals surface area contributed by atoms with Gasteiger partial charge in [-0.15, -0.1) is 0 Å². The molecule has 1 aromatic rings. The Morgan fingerprint density at radius 1 is 1.21 bits per heavy atom. The van der Waals surface area contributed by atoms with Gasteiger partial charge in [0.1, 0.15) is 5.71 Å². The first kappa shape index (κ1) is 23.7. The van der Waals surface area contributed by atoms with E-state index in [-0.39, 0.29) is 36.2 Å². The summed E-state index contributed by atoms with van der Waals surface area (Å²) in [6.07, 6.45) is 4.84. The molecule has 0 unspecified atom stereocenters. The minimum atomic E-state index is -0.682. The van der Waals surface area contributed by atoms with E-state index in [1.54, 1.807) is 12.1 Å². The van der Waals surface area contributed by atoms with Crippen molar-refractivity contribution in [1.82, 2.24) is 10.6 Å². The second-order valence-corrected chi connectivity index (χ2v) is 9.97. The monoisotopic (exact) mass is 488 g/mol. The lowest BCUT2D eigenvalue weighted by atomic mass is 9.85. The van der Waals surface area contributed by atoms with Crippen LogP contribution in [0.4, 0.5) is 5.69 Å². The van der Waals surface area contributed by atoms with Gasteiger partial charge in [-0.05, 0) is 43.7 Å². The zero-order chi connectivity index (χ0) is 23.5. The van der Waals surface area contributed by atoms with Crippen molar-refractivity contribution in [3.63, 3.8) is 0 Å². The summed E-state index contributed by atoms with van der Waals surface area (Å²) in [4.78, 5) is 42.5. The number of hydrogen-bond donors (Lipinski definition) is 2. The van der Waals surface area contributed by atoms with Gasteiger partial charge in [-0.2, -0.15) is 5.26 Å². The van der Waals surface area contributed by atoms with Crippen LogP contribution in [0.15, 0.2) is 17.1 Å². The molecule has 2 amide bonds. The van der Waals surface area contributed by atoms with Crippen LogP contribution in [-0.4, -0.2) is 35.9 Å². The zero-order valence-corrected chi connectivity index (χ0v) is 19.7. The highest BCUT2D eigenvalue weighted by atomic mass is 35.5. The van der Waals surface area contributed by atoms with E-state index in [2.05, 4.69) is 21.7 Å². The molecule has 0 radical (unpaired) electrons. The predicted molar refractivity (Wildman–Crippen MR) is 126 cm³/mol. The molecule has 3 atom stereocenters. The van der Waals surface area contributed by atoms with Gasteiger partial charge in [-0.1, -0.05) is 36.0 Å². The van der Waals surface area contributed by atoms with Gasteiger partial charge in [-0.25, -0.2) is 4.99 Å². The normalized spacial score (nSPS) is 21.3. The fourth-order valence-corrected chi connectivity index (χ4v) is 4.95. The van der Waals surface area contributed by atoms with E-state index in [1.165, 1.54) is 0 Å². The number of piperidine rings is 1. The second-order valence-electron chi connectivity index (χ2n) is 9.16. The molecule has 2 aliphatic heterocycles. The zero-order valence-electron chi connectivity index (χ0n) is 18.2. The van der Waals surface area contributed by atoms with E-state index < -0.39 is 17.9 Å². The van der Waals surface area contributed by atoms with Gasteiger partial charge in [0, 0.05) is 35.9 Å². The Balaban J connectivity index is 1.41. The number of halogens is 2. The summed E-state index contributed by atoms with van der Waals surface area (Å²) in [5.74, 6) is -1.05. The van der Waals surface area contributed by atoms with Crippen molar-refractivity contribution in [1.29, 1.82) is 5.26 Å². The lowest BCUT2D eigenvalue weighted by molar-refractivity contribution is -0.128. The number of aliphatic imine (C=N–C) groups is 1. The van der Waals surface area contributed by atoms with E-state index in [0.717, 1.165) is 25.7 Å². The number of carbonyl (C=O) groups is 3. The first-order valence-electron chi connectivity index (χ1n) is 11.4. The highest BCUT2D eigenvalue weighted by molar-refractivity contribution is 6.44. The molecular formula is C24H26Cl2N4O3. The quantitative estimate of drug-likeness (QED) is 0.548. The van der Waals surface area contributed by atoms with Gasteiger partial charge in [0.25, 0.3) is 5.91 Å². The lowest BCUT2D eigenvalue weighted by Gasteiger charge is -2.24. The molecule has 0 spiro atoms. The number of nitrogens with one attached hydrogen (secondary N) is 2. The van der Waals surface area contributed by atoms with Crippen molar-refractivity contribution in [2.24, 2.45) is 22.7 Å². The molecule has 0 aromatic heterocycles. The smallest absolute Gasteiger partial charge is 0.266 e. The molecule has 1 saturated heterocycles. The predicted octanol–water partition coefficient (Wildman–Crippen LogP) is 3.92. The molecule has 1 saturated carbocycles. The van der Waals surface area contributed by atoms with Crippen molar-refractivity contribution in [3.05, 3.63) is 27.7 Å². The number of benzene rings is 1. The molecule has 3 aliphatic rings. The fraction of sp³-hybridized carbons (Fsp3) is 0.542. The summed E-state index contributed by atoms with van der Waals surface area (Å²) in [6.45, 7) is 0.658. The van der Waals surface area contributed by atoms with Crippen LogP contribution in [0.3, 0.4) is 0 Å². The van der Waals surface area contributed by atoms with Crippen LogP contribution < -0.4 is 10.6 Å². The van der Waals surface area contributed by atoms with E-state index >= 15 is 0 Å². The number of Topliss-reactive ketones (excluding diaryl/α,β-unsaturated/α-hetero) is 1. The summed E-state index contributed by atoms with van der Waals surface area (Å²) >= 11 is 12.4. The van der Waals surface area contributed by atoms with Crippen molar-refractivity contribution in [2.75, 3.05) is 6.54 Å². The SMILES string of the molecule is N#C[C@@H](CC(=O)[C@H](CC1CC1)NC(=O)C1=Nc2c(Cl)ccc(Cl)c2C1)C[C@@H]1CCCNC1=O. The molecular weight excluding hydrogens is 463 g/mol. The molecule has 174 valence electrons. The summed E-state index contributed by atoms with van der Waals surface area (Å²) in [7, 11) is 0. The van der Waals surface area contributed by atoms with Crippen molar-refractivity contribution in [3.8, 4) is 6.07 Å². The number of ketones is 1. The summed E-state index contributed by atoms with van der Waals surface area (Å²) in [6, 6.07) is 4.82. The number of nitriles is 1. The number of nitrogens with zero attached hydrogens (tertiary/aromatic N) is 2. The van der Waals surface area contributed by atoms with Crippen LogP contribution in [0, 0.1) is 29.1 Å². The maximum absolute atomic E-state index is 13.1. The standard InChI is InChI=1S/C24H26Cl2N4O3/c25-17-5-6-18(26)22-16(17)11-20(29-22)24(33)30-19(9-13-3-4-13)21(31)10-14(12-27)8-15-2-1-7-28-23(15)32/h5-6,13-15,19H,1-4,7-11H2,(H,28,32)(H,30,33)/t14-,15+,19+/m1/s1. The average molecular weight is 489 g/mol. The maximum Gasteiger partial charge on any atom is 0.266 e. The molecule has 33 heavy (non-hydrogen) atoms. The van der Waals surface area contributed by atoms with Crippen LogP contribution in [-0.2, 0) is 20.8 Å². The highest BCUT2D eigenvalue weighted by Crippen LogP contribution is 2.39. The minimum absolute atomic E-state index is 0.0162. The molecule has 0 bridgehead atoms. The van der Waals surface area contributed by atoms with Crippen LogP contribution in [0.1, 0.15) is 50.5 Å². The van der Waals surface area contributed by atoms with E-state index in [1.807, 2.05) is 0 Å². The number of hydrogen-bond acceptors (Lipinski definition) is 5. The molecule has 2 N–H and O–H groups in total. The van der Waals surface area contributed by atoms with Crippen molar-refractivity contribution >= 4 is 52.2 Å². The minimum Gasteiger partial charge on any atom is -0.356 e. The van der Waals surface area contributed by atoms with Crippen LogP contribution in [0.5, 0.6) is 0 Å². The summed E-state index contributed by atoms with van der Waals surface area (Å²) < 4.78 is 0. The molecule has 4 rings (SSSR count). The van der Waals surface area contributed by atoms with E-state index in [9.17, 15) is 19.6 Å². The van der Waals surface area contributed by atoms with Crippen LogP contribution in [0.25, 0.3) is 0 Å². The number of fused-ring (bicyclic) bond motifs is 1. The Labute approximate surface area is 202 Å². The first-order chi connectivity index (χ1) is 15.9. The Morgan fingerprint density at radius 3 is 2.64 bits per heavy atom. The van der Waals surface area contributed by atoms with Gasteiger partial charge in [-0.3, -0.25) is 14.4 Å². The van der Waals surface area contributed by atoms with Gasteiger partial charge in [0.05, 0.1) is 28.7 Å². The Bertz CT molecular complexity index is 1040. The molecule has 2 heterocycles. The van der Waals surface area contributed by atoms with Gasteiger partial charge >= 0.3 is 0 Å². The Kier molecular flexibility index (Phi) is 7.35. The molecule has 7 nitrogen and oxygen atoms in total.